The molecule has 0 amide bonds. The number of ether oxygens (including phenoxy) is 1. The third-order valence-corrected chi connectivity index (χ3v) is 2.17. The molecule has 0 fully saturated rings. The fraction of sp³-hybridized carbons (Fsp3) is 0.0833. The van der Waals surface area contributed by atoms with Gasteiger partial charge >= 0.3 is 6.18 Å². The van der Waals surface area contributed by atoms with Crippen LogP contribution in [0.3, 0.4) is 0 Å². The van der Waals surface area contributed by atoms with Crippen LogP contribution in [-0.2, 0) is 6.18 Å². The number of rotatable bonds is 2. The summed E-state index contributed by atoms with van der Waals surface area (Å²) in [5, 5.41) is 0. The van der Waals surface area contributed by atoms with E-state index in [4.69, 9.17) is 10.5 Å². The van der Waals surface area contributed by atoms with Gasteiger partial charge in [-0.3, -0.25) is 0 Å². The molecule has 0 aliphatic carbocycles. The number of halogens is 3. The van der Waals surface area contributed by atoms with Crippen molar-refractivity contribution in [3.8, 4) is 11.6 Å². The van der Waals surface area contributed by atoms with Gasteiger partial charge in [0.2, 0.25) is 5.88 Å². The van der Waals surface area contributed by atoms with Gasteiger partial charge in [0.1, 0.15) is 5.75 Å². The lowest BCUT2D eigenvalue weighted by Crippen LogP contribution is -2.05. The monoisotopic (exact) mass is 254 g/mol. The molecule has 94 valence electrons. The van der Waals surface area contributed by atoms with Crippen LogP contribution in [0.5, 0.6) is 11.6 Å². The predicted octanol–water partition coefficient (Wildman–Crippen LogP) is 3.47. The number of nitrogens with zero attached hydrogens (tertiary/aromatic N) is 1. The van der Waals surface area contributed by atoms with Crippen molar-refractivity contribution in [2.24, 2.45) is 0 Å². The summed E-state index contributed by atoms with van der Waals surface area (Å²) in [6.45, 7) is 0. The van der Waals surface area contributed by atoms with Crippen molar-refractivity contribution in [3.63, 3.8) is 0 Å². The Bertz CT molecular complexity index is 521. The van der Waals surface area contributed by atoms with Crippen LogP contribution in [0.4, 0.5) is 18.9 Å². The first kappa shape index (κ1) is 12.2. The molecule has 2 N–H and O–H groups in total. The van der Waals surface area contributed by atoms with E-state index in [2.05, 4.69) is 4.98 Å². The number of nitrogens with two attached hydrogens (primary N) is 1. The Morgan fingerprint density at radius 2 is 1.67 bits per heavy atom. The summed E-state index contributed by atoms with van der Waals surface area (Å²) in [7, 11) is 0. The molecule has 18 heavy (non-hydrogen) atoms. The summed E-state index contributed by atoms with van der Waals surface area (Å²) < 4.78 is 42.2. The normalized spacial score (nSPS) is 11.3. The molecule has 0 radical (unpaired) electrons. The van der Waals surface area contributed by atoms with Gasteiger partial charge in [0.05, 0.1) is 5.56 Å². The van der Waals surface area contributed by atoms with Gasteiger partial charge < -0.3 is 10.5 Å². The minimum absolute atomic E-state index is 0.0905. The summed E-state index contributed by atoms with van der Waals surface area (Å²) >= 11 is 0. The standard InChI is InChI=1S/C12H9F3N2O/c13-12(14,15)8-1-6-11(17-7-8)18-10-4-2-9(16)3-5-10/h1-7H,16H2. The summed E-state index contributed by atoms with van der Waals surface area (Å²) in [6, 6.07) is 8.54. The SMILES string of the molecule is Nc1ccc(Oc2ccc(C(F)(F)F)cn2)cc1. The van der Waals surface area contributed by atoms with E-state index in [1.165, 1.54) is 6.07 Å². The van der Waals surface area contributed by atoms with E-state index in [0.717, 1.165) is 12.3 Å². The number of aromatic nitrogens is 1. The van der Waals surface area contributed by atoms with E-state index in [1.54, 1.807) is 24.3 Å². The number of pyridine rings is 1. The molecule has 0 saturated heterocycles. The maximum atomic E-state index is 12.3. The predicted molar refractivity (Wildman–Crippen MR) is 60.2 cm³/mol. The van der Waals surface area contributed by atoms with Gasteiger partial charge in [-0.25, -0.2) is 4.98 Å². The van der Waals surface area contributed by atoms with E-state index in [-0.39, 0.29) is 5.88 Å². The van der Waals surface area contributed by atoms with E-state index in [1.807, 2.05) is 0 Å². The smallest absolute Gasteiger partial charge is 0.417 e. The van der Waals surface area contributed by atoms with Gasteiger partial charge in [-0.1, -0.05) is 0 Å². The second kappa shape index (κ2) is 4.56. The van der Waals surface area contributed by atoms with Crippen LogP contribution >= 0.6 is 0 Å². The van der Waals surface area contributed by atoms with E-state index >= 15 is 0 Å². The van der Waals surface area contributed by atoms with Gasteiger partial charge in [-0.2, -0.15) is 13.2 Å². The Balaban J connectivity index is 2.13. The Morgan fingerprint density at radius 1 is 1.00 bits per heavy atom. The highest BCUT2D eigenvalue weighted by molar-refractivity contribution is 5.42. The maximum absolute atomic E-state index is 12.3. The highest BCUT2D eigenvalue weighted by Gasteiger charge is 2.30. The van der Waals surface area contributed by atoms with Crippen molar-refractivity contribution in [1.82, 2.24) is 4.98 Å². The molecule has 3 nitrogen and oxygen atoms in total. The largest absolute Gasteiger partial charge is 0.439 e. The summed E-state index contributed by atoms with van der Waals surface area (Å²) in [6.07, 6.45) is -3.67. The van der Waals surface area contributed by atoms with Crippen LogP contribution in [0, 0.1) is 0 Å². The molecule has 1 aromatic carbocycles. The number of alkyl halides is 3. The van der Waals surface area contributed by atoms with Crippen LogP contribution in [0.25, 0.3) is 0 Å². The van der Waals surface area contributed by atoms with Crippen molar-refractivity contribution in [2.75, 3.05) is 5.73 Å². The number of hydrogen-bond acceptors (Lipinski definition) is 3. The molecule has 0 unspecified atom stereocenters. The Kier molecular flexibility index (Phi) is 3.10. The third-order valence-electron chi connectivity index (χ3n) is 2.17. The summed E-state index contributed by atoms with van der Waals surface area (Å²) in [4.78, 5) is 3.59. The highest BCUT2D eigenvalue weighted by atomic mass is 19.4. The van der Waals surface area contributed by atoms with Gasteiger partial charge in [-0.05, 0) is 30.3 Å². The Morgan fingerprint density at radius 3 is 2.17 bits per heavy atom. The minimum Gasteiger partial charge on any atom is -0.439 e. The quantitative estimate of drug-likeness (QED) is 0.834. The number of hydrogen-bond donors (Lipinski definition) is 1. The van der Waals surface area contributed by atoms with Gasteiger partial charge in [0.25, 0.3) is 0 Å². The molecular formula is C12H9F3N2O. The van der Waals surface area contributed by atoms with Gasteiger partial charge in [-0.15, -0.1) is 0 Å². The fourth-order valence-corrected chi connectivity index (χ4v) is 1.26. The van der Waals surface area contributed by atoms with Crippen molar-refractivity contribution < 1.29 is 17.9 Å². The topological polar surface area (TPSA) is 48.1 Å². The van der Waals surface area contributed by atoms with Crippen LogP contribution in [0.2, 0.25) is 0 Å². The molecule has 6 heteroatoms. The average molecular weight is 254 g/mol. The van der Waals surface area contributed by atoms with Crippen molar-refractivity contribution >= 4 is 5.69 Å². The molecular weight excluding hydrogens is 245 g/mol. The number of nitrogen functional groups attached to an aromatic ring is 1. The summed E-state index contributed by atoms with van der Waals surface area (Å²) in [5.41, 5.74) is 5.25. The zero-order valence-electron chi connectivity index (χ0n) is 9.11. The van der Waals surface area contributed by atoms with Crippen LogP contribution in [-0.4, -0.2) is 4.98 Å². The number of benzene rings is 1. The molecule has 0 saturated carbocycles. The van der Waals surface area contributed by atoms with Crippen LogP contribution < -0.4 is 10.5 Å². The molecule has 2 rings (SSSR count). The first-order chi connectivity index (χ1) is 8.45. The Labute approximate surface area is 101 Å². The maximum Gasteiger partial charge on any atom is 0.417 e. The van der Waals surface area contributed by atoms with Gasteiger partial charge in [0, 0.05) is 18.0 Å². The van der Waals surface area contributed by atoms with Crippen LogP contribution in [0.1, 0.15) is 5.56 Å². The molecule has 1 heterocycles. The molecule has 0 aliphatic heterocycles. The lowest BCUT2D eigenvalue weighted by Gasteiger charge is -2.08. The molecule has 0 atom stereocenters. The van der Waals surface area contributed by atoms with E-state index in [0.29, 0.717) is 11.4 Å². The Hall–Kier alpha value is -2.24. The zero-order chi connectivity index (χ0) is 13.2. The third kappa shape index (κ3) is 2.91. The van der Waals surface area contributed by atoms with Crippen molar-refractivity contribution in [2.45, 2.75) is 6.18 Å². The lowest BCUT2D eigenvalue weighted by molar-refractivity contribution is -0.137. The van der Waals surface area contributed by atoms with E-state index < -0.39 is 11.7 Å². The highest BCUT2D eigenvalue weighted by Crippen LogP contribution is 2.30. The first-order valence-electron chi connectivity index (χ1n) is 5.02. The zero-order valence-corrected chi connectivity index (χ0v) is 9.11. The van der Waals surface area contributed by atoms with Crippen molar-refractivity contribution in [1.29, 1.82) is 0 Å². The summed E-state index contributed by atoms with van der Waals surface area (Å²) in [5.74, 6) is 0.546. The first-order valence-corrected chi connectivity index (χ1v) is 5.02. The van der Waals surface area contributed by atoms with Crippen molar-refractivity contribution in [3.05, 3.63) is 48.2 Å². The molecule has 1 aromatic heterocycles. The molecule has 2 aromatic rings. The average Bonchev–Trinajstić information content (AvgIpc) is 2.32. The van der Waals surface area contributed by atoms with E-state index in [9.17, 15) is 13.2 Å². The lowest BCUT2D eigenvalue weighted by atomic mass is 10.3. The molecule has 0 aliphatic rings. The van der Waals surface area contributed by atoms with Gasteiger partial charge in [0.15, 0.2) is 0 Å². The fourth-order valence-electron chi connectivity index (χ4n) is 1.26. The second-order valence-corrected chi connectivity index (χ2v) is 3.55. The second-order valence-electron chi connectivity index (χ2n) is 3.55. The minimum atomic E-state index is -4.40. The molecule has 0 spiro atoms. The van der Waals surface area contributed by atoms with Crippen LogP contribution in [0.15, 0.2) is 42.6 Å². The molecule has 0 bridgehead atoms. The number of anilines is 1.